The first-order chi connectivity index (χ1) is 7.74. The van der Waals surface area contributed by atoms with Gasteiger partial charge in [-0.3, -0.25) is 14.9 Å². The van der Waals surface area contributed by atoms with Crippen molar-refractivity contribution in [3.05, 3.63) is 40.1 Å². The number of fused-ring (bicyclic) bond motifs is 1. The first kappa shape index (κ1) is 10.2. The zero-order chi connectivity index (χ0) is 11.5. The van der Waals surface area contributed by atoms with Crippen molar-refractivity contribution in [2.24, 2.45) is 0 Å². The highest BCUT2D eigenvalue weighted by Crippen LogP contribution is 2.29. The van der Waals surface area contributed by atoms with E-state index in [0.717, 1.165) is 0 Å². The molecule has 82 valence electrons. The summed E-state index contributed by atoms with van der Waals surface area (Å²) >= 11 is 0. The molecule has 0 fully saturated rings. The molecule has 0 saturated carbocycles. The van der Waals surface area contributed by atoms with Gasteiger partial charge in [0.15, 0.2) is 0 Å². The van der Waals surface area contributed by atoms with E-state index < -0.39 is 4.92 Å². The van der Waals surface area contributed by atoms with Crippen LogP contribution in [0.4, 0.5) is 5.69 Å². The molecule has 0 unspecified atom stereocenters. The van der Waals surface area contributed by atoms with E-state index in [4.69, 9.17) is 4.42 Å². The van der Waals surface area contributed by atoms with Crippen molar-refractivity contribution in [1.82, 2.24) is 0 Å². The zero-order valence-corrected chi connectivity index (χ0v) is 8.08. The van der Waals surface area contributed by atoms with Crippen LogP contribution in [-0.4, -0.2) is 11.4 Å². The predicted octanol–water partition coefficient (Wildman–Crippen LogP) is 2.01. The highest BCUT2D eigenvalue weighted by Gasteiger charge is 2.17. The SMILES string of the molecule is O=COCc1ccc([N+](=O)[O-])c2occc12. The van der Waals surface area contributed by atoms with Crippen molar-refractivity contribution < 1.29 is 18.9 Å². The maximum Gasteiger partial charge on any atom is 0.312 e. The highest BCUT2D eigenvalue weighted by atomic mass is 16.6. The molecule has 6 nitrogen and oxygen atoms in total. The van der Waals surface area contributed by atoms with E-state index in [1.54, 1.807) is 12.1 Å². The fraction of sp³-hybridized carbons (Fsp3) is 0.100. The fourth-order valence-corrected chi connectivity index (χ4v) is 1.50. The minimum atomic E-state index is -0.518. The third kappa shape index (κ3) is 1.60. The highest BCUT2D eigenvalue weighted by molar-refractivity contribution is 5.88. The second-order valence-corrected chi connectivity index (χ2v) is 3.07. The molecular formula is C10H7NO5. The van der Waals surface area contributed by atoms with Gasteiger partial charge < -0.3 is 9.15 Å². The van der Waals surface area contributed by atoms with Crippen LogP contribution in [-0.2, 0) is 16.1 Å². The smallest absolute Gasteiger partial charge is 0.312 e. The summed E-state index contributed by atoms with van der Waals surface area (Å²) in [6.07, 6.45) is 1.36. The molecule has 0 aliphatic carbocycles. The fourth-order valence-electron chi connectivity index (χ4n) is 1.50. The van der Waals surface area contributed by atoms with Crippen molar-refractivity contribution >= 4 is 23.1 Å². The van der Waals surface area contributed by atoms with Crippen molar-refractivity contribution in [1.29, 1.82) is 0 Å². The summed E-state index contributed by atoms with van der Waals surface area (Å²) in [5.41, 5.74) is 0.758. The molecule has 1 heterocycles. The van der Waals surface area contributed by atoms with Gasteiger partial charge in [-0.25, -0.2) is 0 Å². The zero-order valence-electron chi connectivity index (χ0n) is 8.08. The van der Waals surface area contributed by atoms with Gasteiger partial charge in [-0.15, -0.1) is 0 Å². The van der Waals surface area contributed by atoms with Crippen LogP contribution in [0.15, 0.2) is 28.9 Å². The minimum Gasteiger partial charge on any atom is -0.463 e. The average molecular weight is 221 g/mol. The van der Waals surface area contributed by atoms with Crippen LogP contribution in [0.5, 0.6) is 0 Å². The summed E-state index contributed by atoms with van der Waals surface area (Å²) in [4.78, 5) is 20.3. The Balaban J connectivity index is 2.54. The van der Waals surface area contributed by atoms with Crippen LogP contribution in [0.25, 0.3) is 11.0 Å². The number of nitrogens with zero attached hydrogens (tertiary/aromatic N) is 1. The van der Waals surface area contributed by atoms with Gasteiger partial charge in [0.05, 0.1) is 11.2 Å². The molecule has 16 heavy (non-hydrogen) atoms. The maximum absolute atomic E-state index is 10.7. The van der Waals surface area contributed by atoms with Gasteiger partial charge >= 0.3 is 5.69 Å². The summed E-state index contributed by atoms with van der Waals surface area (Å²) < 4.78 is 9.65. The lowest BCUT2D eigenvalue weighted by molar-refractivity contribution is -0.383. The molecule has 1 aromatic heterocycles. The Hall–Kier alpha value is -2.37. The van der Waals surface area contributed by atoms with Crippen LogP contribution in [0, 0.1) is 10.1 Å². The van der Waals surface area contributed by atoms with Gasteiger partial charge in [0.25, 0.3) is 6.47 Å². The molecule has 1 aromatic carbocycles. The normalized spacial score (nSPS) is 10.2. The van der Waals surface area contributed by atoms with Crippen LogP contribution in [0.1, 0.15) is 5.56 Å². The monoisotopic (exact) mass is 221 g/mol. The van der Waals surface area contributed by atoms with Gasteiger partial charge in [-0.05, 0) is 12.1 Å². The number of benzene rings is 1. The second-order valence-electron chi connectivity index (χ2n) is 3.07. The minimum absolute atomic E-state index is 0.0670. The largest absolute Gasteiger partial charge is 0.463 e. The number of nitro benzene ring substituents is 1. The molecule has 0 aliphatic heterocycles. The lowest BCUT2D eigenvalue weighted by atomic mass is 10.1. The molecule has 0 atom stereocenters. The number of ether oxygens (including phenoxy) is 1. The molecule has 0 saturated heterocycles. The molecule has 0 aliphatic rings. The van der Waals surface area contributed by atoms with Crippen LogP contribution in [0.3, 0.4) is 0 Å². The van der Waals surface area contributed by atoms with E-state index in [-0.39, 0.29) is 17.9 Å². The van der Waals surface area contributed by atoms with Gasteiger partial charge in [0, 0.05) is 17.0 Å². The molecule has 2 rings (SSSR count). The van der Waals surface area contributed by atoms with E-state index in [0.29, 0.717) is 17.4 Å². The summed E-state index contributed by atoms with van der Waals surface area (Å²) in [6, 6.07) is 4.47. The Kier molecular flexibility index (Phi) is 2.55. The Morgan fingerprint density at radius 3 is 2.94 bits per heavy atom. The standard InChI is InChI=1S/C10H7NO5/c12-6-15-5-7-1-2-9(11(13)14)10-8(7)3-4-16-10/h1-4,6H,5H2. The average Bonchev–Trinajstić information content (AvgIpc) is 2.74. The van der Waals surface area contributed by atoms with E-state index in [9.17, 15) is 14.9 Å². The number of carbonyl (C=O) groups excluding carboxylic acids is 1. The van der Waals surface area contributed by atoms with Crippen molar-refractivity contribution in [2.75, 3.05) is 0 Å². The third-order valence-electron chi connectivity index (χ3n) is 2.19. The van der Waals surface area contributed by atoms with Crippen molar-refractivity contribution in [2.45, 2.75) is 6.61 Å². The molecule has 0 N–H and O–H groups in total. The number of hydrogen-bond acceptors (Lipinski definition) is 5. The first-order valence-corrected chi connectivity index (χ1v) is 4.42. The van der Waals surface area contributed by atoms with Gasteiger partial charge in [0.2, 0.25) is 5.58 Å². The number of hydrogen-bond donors (Lipinski definition) is 0. The predicted molar refractivity (Wildman–Crippen MR) is 53.7 cm³/mol. The second kappa shape index (κ2) is 4.01. The number of non-ortho nitro benzene ring substituents is 1. The Bertz CT molecular complexity index is 545. The van der Waals surface area contributed by atoms with Crippen molar-refractivity contribution in [3.63, 3.8) is 0 Å². The summed E-state index contributed by atoms with van der Waals surface area (Å²) in [5, 5.41) is 11.3. The molecule has 0 radical (unpaired) electrons. The number of rotatable bonds is 4. The van der Waals surface area contributed by atoms with Gasteiger partial charge in [0.1, 0.15) is 6.61 Å². The van der Waals surface area contributed by atoms with Crippen LogP contribution < -0.4 is 0 Å². The summed E-state index contributed by atoms with van der Waals surface area (Å²) in [6.45, 7) is 0.394. The van der Waals surface area contributed by atoms with E-state index in [1.165, 1.54) is 12.3 Å². The van der Waals surface area contributed by atoms with E-state index >= 15 is 0 Å². The lowest BCUT2D eigenvalue weighted by Gasteiger charge is -2.01. The maximum atomic E-state index is 10.7. The van der Waals surface area contributed by atoms with Gasteiger partial charge in [-0.1, -0.05) is 0 Å². The Labute approximate surface area is 89.6 Å². The molecule has 6 heteroatoms. The third-order valence-corrected chi connectivity index (χ3v) is 2.19. The Morgan fingerprint density at radius 1 is 1.44 bits per heavy atom. The van der Waals surface area contributed by atoms with E-state index in [2.05, 4.69) is 4.74 Å². The van der Waals surface area contributed by atoms with E-state index in [1.807, 2.05) is 0 Å². The first-order valence-electron chi connectivity index (χ1n) is 4.42. The molecular weight excluding hydrogens is 214 g/mol. The van der Waals surface area contributed by atoms with Crippen LogP contribution >= 0.6 is 0 Å². The number of furan rings is 1. The van der Waals surface area contributed by atoms with Crippen molar-refractivity contribution in [3.8, 4) is 0 Å². The number of nitro groups is 1. The Morgan fingerprint density at radius 2 is 2.25 bits per heavy atom. The van der Waals surface area contributed by atoms with Crippen LogP contribution in [0.2, 0.25) is 0 Å². The molecule has 0 spiro atoms. The quantitative estimate of drug-likeness (QED) is 0.448. The van der Waals surface area contributed by atoms with Gasteiger partial charge in [-0.2, -0.15) is 0 Å². The molecule has 0 amide bonds. The lowest BCUT2D eigenvalue weighted by Crippen LogP contribution is -1.93. The topological polar surface area (TPSA) is 82.6 Å². The molecule has 2 aromatic rings. The summed E-state index contributed by atoms with van der Waals surface area (Å²) in [5.74, 6) is 0. The molecule has 0 bridgehead atoms. The number of carbonyl (C=O) groups is 1. The summed E-state index contributed by atoms with van der Waals surface area (Å²) in [7, 11) is 0.